The van der Waals surface area contributed by atoms with Gasteiger partial charge < -0.3 is 0 Å². The molecular formula is C12H20S2. The highest BCUT2D eigenvalue weighted by atomic mass is 32.2. The van der Waals surface area contributed by atoms with Crippen LogP contribution in [-0.2, 0) is 0 Å². The fourth-order valence-corrected chi connectivity index (χ4v) is 4.27. The van der Waals surface area contributed by atoms with Crippen molar-refractivity contribution in [3.8, 4) is 0 Å². The van der Waals surface area contributed by atoms with E-state index in [1.807, 2.05) is 23.5 Å². The third-order valence-corrected chi connectivity index (χ3v) is 5.33. The third-order valence-electron chi connectivity index (χ3n) is 2.45. The van der Waals surface area contributed by atoms with Crippen LogP contribution in [0.1, 0.15) is 34.1 Å². The van der Waals surface area contributed by atoms with Gasteiger partial charge in [0, 0.05) is 10.7 Å². The molecule has 1 unspecified atom stereocenters. The fourth-order valence-electron chi connectivity index (χ4n) is 1.75. The van der Waals surface area contributed by atoms with Crippen LogP contribution < -0.4 is 0 Å². The predicted octanol–water partition coefficient (Wildman–Crippen LogP) is 4.69. The first-order valence-electron chi connectivity index (χ1n) is 5.21. The van der Waals surface area contributed by atoms with E-state index < -0.39 is 0 Å². The fraction of sp³-hybridized carbons (Fsp3) is 0.667. The van der Waals surface area contributed by atoms with Crippen LogP contribution in [0.25, 0.3) is 0 Å². The summed E-state index contributed by atoms with van der Waals surface area (Å²) in [6.07, 6.45) is 3.58. The zero-order valence-electron chi connectivity index (χ0n) is 9.59. The molecule has 0 aromatic heterocycles. The van der Waals surface area contributed by atoms with Gasteiger partial charge in [0.05, 0.1) is 0 Å². The molecule has 0 spiro atoms. The van der Waals surface area contributed by atoms with E-state index in [9.17, 15) is 0 Å². The van der Waals surface area contributed by atoms with E-state index in [0.717, 1.165) is 12.2 Å². The molecule has 0 saturated carbocycles. The quantitative estimate of drug-likeness (QED) is 0.684. The van der Waals surface area contributed by atoms with E-state index in [1.54, 1.807) is 0 Å². The van der Waals surface area contributed by atoms with Gasteiger partial charge in [-0.15, -0.1) is 23.5 Å². The van der Waals surface area contributed by atoms with Gasteiger partial charge in [-0.25, -0.2) is 0 Å². The summed E-state index contributed by atoms with van der Waals surface area (Å²) < 4.78 is 0. The highest BCUT2D eigenvalue weighted by Gasteiger charge is 2.36. The number of allylic oxidation sites excluding steroid dienone is 2. The SMILES string of the molecule is C=C(SCC)C1SC(CC)=CC1(C)C. The van der Waals surface area contributed by atoms with Gasteiger partial charge in [0.15, 0.2) is 0 Å². The van der Waals surface area contributed by atoms with E-state index in [0.29, 0.717) is 5.25 Å². The highest BCUT2D eigenvalue weighted by molar-refractivity contribution is 8.08. The largest absolute Gasteiger partial charge is 0.130 e. The minimum absolute atomic E-state index is 0.287. The van der Waals surface area contributed by atoms with Crippen LogP contribution in [-0.4, -0.2) is 11.0 Å². The van der Waals surface area contributed by atoms with Gasteiger partial charge in [-0.1, -0.05) is 40.3 Å². The minimum Gasteiger partial charge on any atom is -0.130 e. The summed E-state index contributed by atoms with van der Waals surface area (Å²) in [7, 11) is 0. The number of thioether (sulfide) groups is 2. The first-order valence-corrected chi connectivity index (χ1v) is 7.07. The first-order chi connectivity index (χ1) is 6.51. The average Bonchev–Trinajstić information content (AvgIpc) is 2.41. The van der Waals surface area contributed by atoms with Crippen LogP contribution in [0.15, 0.2) is 22.5 Å². The molecule has 0 saturated heterocycles. The van der Waals surface area contributed by atoms with E-state index in [1.165, 1.54) is 9.81 Å². The molecule has 0 aromatic carbocycles. The summed E-state index contributed by atoms with van der Waals surface area (Å²) in [6.45, 7) is 13.2. The standard InChI is InChI=1S/C12H20S2/c1-6-10-8-12(4,5)11(14-10)9(3)13-7-2/h8,11H,3,6-7H2,1-2,4-5H3. The van der Waals surface area contributed by atoms with Crippen molar-refractivity contribution < 1.29 is 0 Å². The van der Waals surface area contributed by atoms with Crippen LogP contribution in [0.5, 0.6) is 0 Å². The molecule has 80 valence electrons. The van der Waals surface area contributed by atoms with Crippen molar-refractivity contribution >= 4 is 23.5 Å². The molecule has 0 radical (unpaired) electrons. The van der Waals surface area contributed by atoms with Gasteiger partial charge >= 0.3 is 0 Å². The molecule has 0 amide bonds. The molecule has 0 aliphatic carbocycles. The van der Waals surface area contributed by atoms with Crippen LogP contribution in [0.2, 0.25) is 0 Å². The van der Waals surface area contributed by atoms with E-state index in [-0.39, 0.29) is 5.41 Å². The Morgan fingerprint density at radius 2 is 2.21 bits per heavy atom. The van der Waals surface area contributed by atoms with Crippen molar-refractivity contribution in [1.29, 1.82) is 0 Å². The van der Waals surface area contributed by atoms with Gasteiger partial charge in [-0.05, 0) is 22.0 Å². The summed E-state index contributed by atoms with van der Waals surface area (Å²) in [5.41, 5.74) is 0.287. The lowest BCUT2D eigenvalue weighted by Gasteiger charge is -2.26. The van der Waals surface area contributed by atoms with Crippen molar-refractivity contribution in [1.82, 2.24) is 0 Å². The lowest BCUT2D eigenvalue weighted by atomic mass is 9.88. The molecule has 1 heterocycles. The van der Waals surface area contributed by atoms with Gasteiger partial charge in [0.25, 0.3) is 0 Å². The van der Waals surface area contributed by atoms with Crippen molar-refractivity contribution in [2.75, 3.05) is 5.75 Å². The maximum absolute atomic E-state index is 4.20. The Kier molecular flexibility index (Phi) is 4.20. The summed E-state index contributed by atoms with van der Waals surface area (Å²) in [5, 5.41) is 0.572. The van der Waals surface area contributed by atoms with E-state index in [2.05, 4.69) is 40.3 Å². The molecule has 0 fully saturated rings. The Morgan fingerprint density at radius 3 is 2.64 bits per heavy atom. The molecule has 0 bridgehead atoms. The van der Waals surface area contributed by atoms with Crippen LogP contribution in [0.4, 0.5) is 0 Å². The predicted molar refractivity (Wildman–Crippen MR) is 70.8 cm³/mol. The average molecular weight is 228 g/mol. The third kappa shape index (κ3) is 2.60. The minimum atomic E-state index is 0.287. The lowest BCUT2D eigenvalue weighted by molar-refractivity contribution is 0.506. The van der Waals surface area contributed by atoms with Gasteiger partial charge in [-0.3, -0.25) is 0 Å². The van der Waals surface area contributed by atoms with Gasteiger partial charge in [0.1, 0.15) is 0 Å². The summed E-state index contributed by atoms with van der Waals surface area (Å²) in [6, 6.07) is 0. The first kappa shape index (κ1) is 12.3. The van der Waals surface area contributed by atoms with E-state index in [4.69, 9.17) is 0 Å². The Labute approximate surface area is 96.6 Å². The maximum Gasteiger partial charge on any atom is 0.0480 e. The zero-order chi connectivity index (χ0) is 10.8. The zero-order valence-corrected chi connectivity index (χ0v) is 11.2. The Morgan fingerprint density at radius 1 is 1.57 bits per heavy atom. The van der Waals surface area contributed by atoms with Crippen molar-refractivity contribution in [2.45, 2.75) is 39.4 Å². The molecule has 0 aromatic rings. The number of hydrogen-bond donors (Lipinski definition) is 0. The van der Waals surface area contributed by atoms with Gasteiger partial charge in [0.2, 0.25) is 0 Å². The van der Waals surface area contributed by atoms with Crippen LogP contribution >= 0.6 is 23.5 Å². The van der Waals surface area contributed by atoms with Crippen LogP contribution in [0.3, 0.4) is 0 Å². The molecule has 1 atom stereocenters. The number of hydrogen-bond acceptors (Lipinski definition) is 2. The molecule has 1 aliphatic heterocycles. The second-order valence-corrected chi connectivity index (χ2v) is 6.80. The second-order valence-electron chi connectivity index (χ2n) is 4.18. The molecule has 0 N–H and O–H groups in total. The van der Waals surface area contributed by atoms with Crippen molar-refractivity contribution in [2.24, 2.45) is 5.41 Å². The Balaban J connectivity index is 2.71. The maximum atomic E-state index is 4.20. The van der Waals surface area contributed by atoms with Crippen molar-refractivity contribution in [3.63, 3.8) is 0 Å². The summed E-state index contributed by atoms with van der Waals surface area (Å²) >= 11 is 3.90. The Bertz CT molecular complexity index is 251. The molecule has 14 heavy (non-hydrogen) atoms. The number of rotatable bonds is 4. The topological polar surface area (TPSA) is 0 Å². The smallest absolute Gasteiger partial charge is 0.0480 e. The highest BCUT2D eigenvalue weighted by Crippen LogP contribution is 2.50. The molecule has 1 rings (SSSR count). The Hall–Kier alpha value is 0.180. The molecule has 2 heteroatoms. The monoisotopic (exact) mass is 228 g/mol. The normalized spacial score (nSPS) is 24.9. The molecule has 1 aliphatic rings. The molecule has 0 nitrogen and oxygen atoms in total. The second kappa shape index (κ2) is 4.80. The summed E-state index contributed by atoms with van der Waals surface area (Å²) in [4.78, 5) is 2.86. The lowest BCUT2D eigenvalue weighted by Crippen LogP contribution is -2.21. The summed E-state index contributed by atoms with van der Waals surface area (Å²) in [5.74, 6) is 1.13. The van der Waals surface area contributed by atoms with Gasteiger partial charge in [-0.2, -0.15) is 0 Å². The van der Waals surface area contributed by atoms with E-state index >= 15 is 0 Å². The van der Waals surface area contributed by atoms with Crippen molar-refractivity contribution in [3.05, 3.63) is 22.5 Å². The molecular weight excluding hydrogens is 208 g/mol. The van der Waals surface area contributed by atoms with Crippen LogP contribution in [0, 0.1) is 5.41 Å².